The molecule has 1 heteroatoms. The first-order chi connectivity index (χ1) is 2.81. The predicted molar refractivity (Wildman–Crippen MR) is 24.0 cm³/mol. The van der Waals surface area contributed by atoms with E-state index >= 15 is 0 Å². The van der Waals surface area contributed by atoms with E-state index in [9.17, 15) is 0 Å². The molecule has 0 unspecified atom stereocenters. The van der Waals surface area contributed by atoms with Crippen molar-refractivity contribution in [1.29, 1.82) is 0 Å². The zero-order chi connectivity index (χ0) is 4.99. The summed E-state index contributed by atoms with van der Waals surface area (Å²) in [5, 5.41) is 0.483. The number of rotatable bonds is 1. The fourth-order valence-corrected chi connectivity index (χ4v) is 0. The molecule has 0 aromatic heterocycles. The van der Waals surface area contributed by atoms with Crippen LogP contribution < -0.4 is 0 Å². The Balaban J connectivity index is 3.22. The average molecular weight is 123 g/mol. The molecule has 0 radical (unpaired) electrons. The Morgan fingerprint density at radius 1 is 2.75 bits per heavy atom. The van der Waals surface area contributed by atoms with Crippen LogP contribution in [0.1, 0.15) is 2.74 Å². The van der Waals surface area contributed by atoms with Gasteiger partial charge in [-0.25, -0.2) is 0 Å². The van der Waals surface area contributed by atoms with Crippen molar-refractivity contribution < 1.29 is 2.74 Å². The zero-order valence-corrected chi connectivity index (χ0v) is 3.75. The molecule has 0 N–H and O–H groups in total. The van der Waals surface area contributed by atoms with Crippen molar-refractivity contribution in [3.05, 3.63) is 12.6 Å². The predicted octanol–water partition coefficient (Wildman–Crippen LogP) is 1.57. The molecular weight excluding hydrogens is 116 g/mol. The van der Waals surface area contributed by atoms with Crippen molar-refractivity contribution in [2.45, 2.75) is 0 Å². The number of alkyl halides is 1. The fourth-order valence-electron chi connectivity index (χ4n) is 0. The van der Waals surface area contributed by atoms with Crippen molar-refractivity contribution in [3.8, 4) is 0 Å². The lowest BCUT2D eigenvalue weighted by Gasteiger charge is -1.55. The van der Waals surface area contributed by atoms with E-state index in [2.05, 4.69) is 15.9 Å². The van der Waals surface area contributed by atoms with Gasteiger partial charge in [-0.2, -0.15) is 0 Å². The number of hydrogen-bond acceptors (Lipinski definition) is 0. The molecule has 0 aromatic carbocycles. The van der Waals surface area contributed by atoms with Gasteiger partial charge in [0.2, 0.25) is 0 Å². The Bertz CT molecular complexity index is 59.8. The maximum Gasteiger partial charge on any atom is 0.0578 e. The highest BCUT2D eigenvalue weighted by molar-refractivity contribution is 9.09. The number of hydrogen-bond donors (Lipinski definition) is 0. The summed E-state index contributed by atoms with van der Waals surface area (Å²) in [6, 6.07) is 0.301. The topological polar surface area (TPSA) is 0 Å². The third kappa shape index (κ3) is 2.22. The highest BCUT2D eigenvalue weighted by Crippen LogP contribution is 1.73. The van der Waals surface area contributed by atoms with Crippen LogP contribution in [0.15, 0.2) is 12.6 Å². The molecule has 0 bridgehead atoms. The summed E-state index contributed by atoms with van der Waals surface area (Å²) in [6.45, 7) is 1.01. The summed E-state index contributed by atoms with van der Waals surface area (Å²) in [4.78, 5) is 0. The minimum absolute atomic E-state index is 0.301. The van der Waals surface area contributed by atoms with E-state index in [4.69, 9.17) is 2.74 Å². The Morgan fingerprint density at radius 3 is 3.50 bits per heavy atom. The molecule has 0 aromatic rings. The third-order valence-electron chi connectivity index (χ3n) is 0.0772. The van der Waals surface area contributed by atoms with Crippen LogP contribution in [-0.4, -0.2) is 5.33 Å². The summed E-state index contributed by atoms with van der Waals surface area (Å²) in [7, 11) is 0. The molecule has 4 heavy (non-hydrogen) atoms. The molecule has 0 spiro atoms. The molecule has 0 aliphatic heterocycles. The van der Waals surface area contributed by atoms with E-state index in [-0.39, 0.29) is 0 Å². The Morgan fingerprint density at radius 2 is 3.50 bits per heavy atom. The Labute approximate surface area is 37.5 Å². The molecule has 0 amide bonds. The standard InChI is InChI=1S/C3H5Br/c1-2-3-4/h2H,1,3H2/i1D,2D. The van der Waals surface area contributed by atoms with Crippen LogP contribution in [0.5, 0.6) is 0 Å². The van der Waals surface area contributed by atoms with Crippen molar-refractivity contribution in [3.63, 3.8) is 0 Å². The van der Waals surface area contributed by atoms with E-state index in [1.165, 1.54) is 0 Å². The number of halogens is 1. The molecule has 24 valence electrons. The summed E-state index contributed by atoms with van der Waals surface area (Å²) >= 11 is 3.00. The summed E-state index contributed by atoms with van der Waals surface area (Å²) in [6.07, 6.45) is 0. The first-order valence-electron chi connectivity index (χ1n) is 1.99. The van der Waals surface area contributed by atoms with Crippen LogP contribution >= 0.6 is 15.9 Å². The van der Waals surface area contributed by atoms with E-state index in [0.29, 0.717) is 11.4 Å². The summed E-state index contributed by atoms with van der Waals surface area (Å²) < 4.78 is 13.1. The van der Waals surface area contributed by atoms with Crippen molar-refractivity contribution >= 4 is 15.9 Å². The number of allylic oxidation sites excluding steroid dienone is 1. The lowest BCUT2D eigenvalue weighted by Crippen LogP contribution is -1.43. The van der Waals surface area contributed by atoms with Crippen LogP contribution in [0.2, 0.25) is 0 Å². The maximum absolute atomic E-state index is 6.70. The van der Waals surface area contributed by atoms with Gasteiger partial charge in [0.25, 0.3) is 0 Å². The van der Waals surface area contributed by atoms with Gasteiger partial charge in [0.15, 0.2) is 0 Å². The highest BCUT2D eigenvalue weighted by Gasteiger charge is 1.47. The summed E-state index contributed by atoms with van der Waals surface area (Å²) in [5.74, 6) is 0. The zero-order valence-electron chi connectivity index (χ0n) is 4.16. The smallest absolute Gasteiger partial charge is 0.0578 e. The van der Waals surface area contributed by atoms with Gasteiger partial charge in [0.05, 0.1) is 2.74 Å². The van der Waals surface area contributed by atoms with Crippen LogP contribution in [0.4, 0.5) is 0 Å². The van der Waals surface area contributed by atoms with Crippen molar-refractivity contribution in [2.75, 3.05) is 5.33 Å². The van der Waals surface area contributed by atoms with E-state index < -0.39 is 0 Å². The maximum atomic E-state index is 6.70. The molecule has 0 saturated carbocycles. The van der Waals surface area contributed by atoms with Crippen LogP contribution in [0, 0.1) is 0 Å². The van der Waals surface area contributed by atoms with Gasteiger partial charge in [0, 0.05) is 5.33 Å². The third-order valence-corrected chi connectivity index (χ3v) is 0.401. The van der Waals surface area contributed by atoms with Crippen LogP contribution in [-0.2, 0) is 0 Å². The van der Waals surface area contributed by atoms with Gasteiger partial charge in [-0.1, -0.05) is 22.0 Å². The van der Waals surface area contributed by atoms with Gasteiger partial charge >= 0.3 is 0 Å². The molecule has 0 aliphatic carbocycles. The van der Waals surface area contributed by atoms with Crippen molar-refractivity contribution in [2.24, 2.45) is 0 Å². The Kier molecular flexibility index (Phi) is 1.29. The molecule has 0 atom stereocenters. The van der Waals surface area contributed by atoms with Gasteiger partial charge in [-0.3, -0.25) is 0 Å². The minimum atomic E-state index is 0.301. The molecular formula is C3H5Br. The van der Waals surface area contributed by atoms with Crippen LogP contribution in [0.3, 0.4) is 0 Å². The second kappa shape index (κ2) is 3.22. The molecule has 0 aliphatic rings. The largest absolute Gasteiger partial charge is 0.102 e. The lowest BCUT2D eigenvalue weighted by molar-refractivity contribution is 1.87. The molecule has 0 nitrogen and oxygen atoms in total. The van der Waals surface area contributed by atoms with Gasteiger partial charge in [-0.05, 0) is 0 Å². The fraction of sp³-hybridized carbons (Fsp3) is 0.333. The van der Waals surface area contributed by atoms with Gasteiger partial charge in [-0.15, -0.1) is 6.55 Å². The second-order valence-corrected chi connectivity index (χ2v) is 0.898. The molecule has 0 rings (SSSR count). The first-order valence-corrected chi connectivity index (χ1v) is 2.03. The lowest BCUT2D eigenvalue weighted by atomic mass is 10.8. The monoisotopic (exact) mass is 122 g/mol. The quantitative estimate of drug-likeness (QED) is 0.366. The van der Waals surface area contributed by atoms with E-state index in [1.807, 2.05) is 0 Å². The minimum Gasteiger partial charge on any atom is -0.102 e. The SMILES string of the molecule is [2H]C=C([2H])CBr. The summed E-state index contributed by atoms with van der Waals surface area (Å²) in [5.41, 5.74) is 0. The average Bonchev–Trinajstić information content (AvgIpc) is 1.65. The van der Waals surface area contributed by atoms with E-state index in [0.717, 1.165) is 6.55 Å². The van der Waals surface area contributed by atoms with Crippen molar-refractivity contribution in [1.82, 2.24) is 0 Å². The second-order valence-electron chi connectivity index (χ2n) is 0.338. The van der Waals surface area contributed by atoms with Gasteiger partial charge < -0.3 is 0 Å². The van der Waals surface area contributed by atoms with Gasteiger partial charge in [0.1, 0.15) is 0 Å². The first kappa shape index (κ1) is 1.61. The highest BCUT2D eigenvalue weighted by atomic mass is 79.9. The molecule has 0 heterocycles. The van der Waals surface area contributed by atoms with Crippen LogP contribution in [0.25, 0.3) is 0 Å². The molecule has 0 fully saturated rings. The normalized spacial score (nSPS) is 18.8. The molecule has 0 saturated heterocycles. The van der Waals surface area contributed by atoms with E-state index in [1.54, 1.807) is 0 Å². The Hall–Kier alpha value is 0.220.